The van der Waals surface area contributed by atoms with Crippen molar-refractivity contribution in [3.63, 3.8) is 0 Å². The Morgan fingerprint density at radius 3 is 2.92 bits per heavy atom. The van der Waals surface area contributed by atoms with Crippen molar-refractivity contribution < 1.29 is 9.59 Å². The van der Waals surface area contributed by atoms with Crippen LogP contribution in [0.15, 0.2) is 37.2 Å². The van der Waals surface area contributed by atoms with Gasteiger partial charge in [-0.1, -0.05) is 6.08 Å². The molecule has 2 heterocycles. The summed E-state index contributed by atoms with van der Waals surface area (Å²) in [5.74, 6) is 0.0297. The van der Waals surface area contributed by atoms with E-state index in [4.69, 9.17) is 0 Å². The highest BCUT2D eigenvalue weighted by molar-refractivity contribution is 5.79. The molecule has 1 aliphatic rings. The van der Waals surface area contributed by atoms with Crippen LogP contribution in [0.2, 0.25) is 0 Å². The highest BCUT2D eigenvalue weighted by atomic mass is 16.2. The summed E-state index contributed by atoms with van der Waals surface area (Å²) in [6.45, 7) is 7.06. The van der Waals surface area contributed by atoms with Gasteiger partial charge >= 0.3 is 0 Å². The van der Waals surface area contributed by atoms with Gasteiger partial charge in [0.15, 0.2) is 0 Å². The summed E-state index contributed by atoms with van der Waals surface area (Å²) in [5.41, 5.74) is 1.19. The van der Waals surface area contributed by atoms with Gasteiger partial charge in [0.1, 0.15) is 0 Å². The highest BCUT2D eigenvalue weighted by Crippen LogP contribution is 2.14. The van der Waals surface area contributed by atoms with Crippen molar-refractivity contribution in [2.45, 2.75) is 32.2 Å². The number of nitrogens with one attached hydrogen (secondary N) is 2. The molecule has 0 aromatic carbocycles. The minimum absolute atomic E-state index is 0.0480. The summed E-state index contributed by atoms with van der Waals surface area (Å²) in [5, 5.41) is 5.80. The fraction of sp³-hybridized carbons (Fsp3) is 0.526. The minimum atomic E-state index is -0.0684. The van der Waals surface area contributed by atoms with E-state index in [1.165, 1.54) is 5.56 Å². The maximum atomic E-state index is 12.3. The predicted molar refractivity (Wildman–Crippen MR) is 97.7 cm³/mol. The molecule has 1 aromatic rings. The molecule has 2 rings (SSSR count). The summed E-state index contributed by atoms with van der Waals surface area (Å²) >= 11 is 0. The van der Waals surface area contributed by atoms with Crippen LogP contribution in [0.1, 0.15) is 31.2 Å². The minimum Gasteiger partial charge on any atom is -0.356 e. The van der Waals surface area contributed by atoms with E-state index in [-0.39, 0.29) is 17.7 Å². The topological polar surface area (TPSA) is 74.3 Å². The van der Waals surface area contributed by atoms with Crippen LogP contribution in [0.3, 0.4) is 0 Å². The normalized spacial score (nSPS) is 20.2. The first-order valence-corrected chi connectivity index (χ1v) is 8.95. The Hall–Kier alpha value is -2.21. The number of pyridine rings is 1. The molecule has 0 aliphatic carbocycles. The zero-order valence-corrected chi connectivity index (χ0v) is 14.7. The summed E-state index contributed by atoms with van der Waals surface area (Å²) in [6, 6.07) is 3.99. The van der Waals surface area contributed by atoms with Crippen LogP contribution in [0.4, 0.5) is 0 Å². The molecular weight excluding hydrogens is 316 g/mol. The lowest BCUT2D eigenvalue weighted by molar-refractivity contribution is -0.126. The van der Waals surface area contributed by atoms with Crippen LogP contribution < -0.4 is 10.6 Å². The lowest BCUT2D eigenvalue weighted by Gasteiger charge is -2.22. The monoisotopic (exact) mass is 344 g/mol. The summed E-state index contributed by atoms with van der Waals surface area (Å²) in [7, 11) is 0. The van der Waals surface area contributed by atoms with E-state index in [9.17, 15) is 9.59 Å². The van der Waals surface area contributed by atoms with Crippen molar-refractivity contribution in [1.82, 2.24) is 20.5 Å². The van der Waals surface area contributed by atoms with Gasteiger partial charge in [-0.25, -0.2) is 0 Å². The molecule has 1 aliphatic heterocycles. The number of nitrogens with zero attached hydrogens (tertiary/aromatic N) is 2. The van der Waals surface area contributed by atoms with Gasteiger partial charge in [-0.05, 0) is 43.5 Å². The average molecular weight is 344 g/mol. The molecule has 1 aromatic heterocycles. The molecule has 2 amide bonds. The van der Waals surface area contributed by atoms with Gasteiger partial charge in [0, 0.05) is 50.9 Å². The van der Waals surface area contributed by atoms with Crippen LogP contribution in [0.5, 0.6) is 0 Å². The third kappa shape index (κ3) is 7.05. The molecule has 0 radical (unpaired) electrons. The molecule has 136 valence electrons. The zero-order chi connectivity index (χ0) is 17.9. The first kappa shape index (κ1) is 19.1. The first-order valence-electron chi connectivity index (χ1n) is 8.95. The number of carbonyl (C=O) groups is 2. The number of amides is 2. The molecule has 0 saturated carbocycles. The molecular formula is C19H28N4O2. The van der Waals surface area contributed by atoms with E-state index >= 15 is 0 Å². The lowest BCUT2D eigenvalue weighted by atomic mass is 9.98. The van der Waals surface area contributed by atoms with Crippen LogP contribution in [-0.2, 0) is 16.1 Å². The third-order valence-corrected chi connectivity index (χ3v) is 4.44. The standard InChI is InChI=1S/C19H28N4O2/c1-2-9-22-19(25)17-4-3-13-23(14-8-18(24)21-12-7-17)15-16-5-10-20-11-6-16/h2,5-6,10-11,17H,1,3-4,7-9,12-15H2,(H,21,24)(H,22,25). The average Bonchev–Trinajstić information content (AvgIpc) is 2.66. The van der Waals surface area contributed by atoms with Gasteiger partial charge in [-0.15, -0.1) is 6.58 Å². The van der Waals surface area contributed by atoms with E-state index in [0.717, 1.165) is 32.5 Å². The molecule has 1 saturated heterocycles. The smallest absolute Gasteiger partial charge is 0.223 e. The van der Waals surface area contributed by atoms with Gasteiger partial charge in [0.2, 0.25) is 11.8 Å². The van der Waals surface area contributed by atoms with Crippen LogP contribution in [0, 0.1) is 5.92 Å². The molecule has 0 bridgehead atoms. The van der Waals surface area contributed by atoms with Gasteiger partial charge in [-0.3, -0.25) is 19.5 Å². The molecule has 1 fully saturated rings. The Bertz CT molecular complexity index is 562. The zero-order valence-electron chi connectivity index (χ0n) is 14.7. The van der Waals surface area contributed by atoms with E-state index in [1.807, 2.05) is 12.1 Å². The van der Waals surface area contributed by atoms with Crippen molar-refractivity contribution in [2.75, 3.05) is 26.2 Å². The summed E-state index contributed by atoms with van der Waals surface area (Å²) in [6.07, 6.45) is 8.18. The Morgan fingerprint density at radius 2 is 2.16 bits per heavy atom. The maximum absolute atomic E-state index is 12.3. The molecule has 2 N–H and O–H groups in total. The lowest BCUT2D eigenvalue weighted by Crippen LogP contribution is -2.34. The predicted octanol–water partition coefficient (Wildman–Crippen LogP) is 1.49. The van der Waals surface area contributed by atoms with Crippen LogP contribution >= 0.6 is 0 Å². The number of rotatable bonds is 5. The Kier molecular flexibility index (Phi) is 8.12. The van der Waals surface area contributed by atoms with Gasteiger partial charge in [0.05, 0.1) is 0 Å². The molecule has 1 unspecified atom stereocenters. The largest absolute Gasteiger partial charge is 0.356 e. The Labute approximate surface area is 149 Å². The number of hydrogen-bond acceptors (Lipinski definition) is 4. The number of carbonyl (C=O) groups excluding carboxylic acids is 2. The fourth-order valence-corrected chi connectivity index (χ4v) is 3.04. The van der Waals surface area contributed by atoms with E-state index in [0.29, 0.717) is 25.9 Å². The maximum Gasteiger partial charge on any atom is 0.223 e. The van der Waals surface area contributed by atoms with Crippen molar-refractivity contribution in [2.24, 2.45) is 5.92 Å². The van der Waals surface area contributed by atoms with Crippen molar-refractivity contribution in [3.8, 4) is 0 Å². The third-order valence-electron chi connectivity index (χ3n) is 4.44. The summed E-state index contributed by atoms with van der Waals surface area (Å²) in [4.78, 5) is 30.6. The molecule has 1 atom stereocenters. The van der Waals surface area contributed by atoms with Crippen molar-refractivity contribution in [3.05, 3.63) is 42.7 Å². The Morgan fingerprint density at radius 1 is 1.36 bits per heavy atom. The van der Waals surface area contributed by atoms with E-state index < -0.39 is 0 Å². The first-order chi connectivity index (χ1) is 12.2. The van der Waals surface area contributed by atoms with Crippen molar-refractivity contribution in [1.29, 1.82) is 0 Å². The number of aromatic nitrogens is 1. The summed E-state index contributed by atoms with van der Waals surface area (Å²) < 4.78 is 0. The van der Waals surface area contributed by atoms with Gasteiger partial charge < -0.3 is 10.6 Å². The van der Waals surface area contributed by atoms with Gasteiger partial charge in [0.25, 0.3) is 0 Å². The number of hydrogen-bond donors (Lipinski definition) is 2. The quantitative estimate of drug-likeness (QED) is 0.794. The van der Waals surface area contributed by atoms with Crippen LogP contribution in [-0.4, -0.2) is 47.9 Å². The van der Waals surface area contributed by atoms with Crippen molar-refractivity contribution >= 4 is 11.8 Å². The highest BCUT2D eigenvalue weighted by Gasteiger charge is 2.20. The van der Waals surface area contributed by atoms with E-state index in [2.05, 4.69) is 27.1 Å². The second kappa shape index (κ2) is 10.6. The molecule has 6 nitrogen and oxygen atoms in total. The molecule has 25 heavy (non-hydrogen) atoms. The molecule has 6 heteroatoms. The van der Waals surface area contributed by atoms with E-state index in [1.54, 1.807) is 18.5 Å². The molecule has 0 spiro atoms. The Balaban J connectivity index is 1.95. The van der Waals surface area contributed by atoms with Gasteiger partial charge in [-0.2, -0.15) is 0 Å². The second-order valence-corrected chi connectivity index (χ2v) is 6.39. The van der Waals surface area contributed by atoms with Crippen LogP contribution in [0.25, 0.3) is 0 Å². The SMILES string of the molecule is C=CCNC(=O)C1CCCN(Cc2ccncc2)CCC(=O)NCC1. The fourth-order valence-electron chi connectivity index (χ4n) is 3.04. The second-order valence-electron chi connectivity index (χ2n) is 6.39.